The zero-order chi connectivity index (χ0) is 15.0. The first-order valence-corrected chi connectivity index (χ1v) is 7.43. The van der Waals surface area contributed by atoms with Crippen LogP contribution in [0.4, 0.5) is 0 Å². The van der Waals surface area contributed by atoms with Crippen LogP contribution in [0.1, 0.15) is 19.4 Å². The zero-order valence-corrected chi connectivity index (χ0v) is 12.5. The molecule has 1 aromatic rings. The number of ether oxygens (including phenoxy) is 2. The van der Waals surface area contributed by atoms with Crippen LogP contribution in [0, 0.1) is 0 Å². The Morgan fingerprint density at radius 2 is 2.00 bits per heavy atom. The summed E-state index contributed by atoms with van der Waals surface area (Å²) in [4.78, 5) is 2.14. The molecule has 2 heterocycles. The average Bonchev–Trinajstić information content (AvgIpc) is 2.90. The Kier molecular flexibility index (Phi) is 4.03. The van der Waals surface area contributed by atoms with Gasteiger partial charge in [-0.1, -0.05) is 30.3 Å². The molecule has 0 radical (unpaired) electrons. The fraction of sp³-hybridized carbons (Fsp3) is 0.625. The first-order valence-electron chi connectivity index (χ1n) is 7.43. The van der Waals surface area contributed by atoms with Crippen molar-refractivity contribution in [1.29, 1.82) is 0 Å². The molecule has 0 amide bonds. The first kappa shape index (κ1) is 14.9. The van der Waals surface area contributed by atoms with Crippen LogP contribution in [0.25, 0.3) is 0 Å². The molecule has 0 aliphatic carbocycles. The molecule has 1 aromatic carbocycles. The fourth-order valence-corrected chi connectivity index (χ4v) is 3.41. The van der Waals surface area contributed by atoms with Crippen LogP contribution >= 0.6 is 0 Å². The minimum atomic E-state index is -0.832. The lowest BCUT2D eigenvalue weighted by molar-refractivity contribution is -0.169. The van der Waals surface area contributed by atoms with E-state index >= 15 is 0 Å². The van der Waals surface area contributed by atoms with Gasteiger partial charge in [-0.3, -0.25) is 4.90 Å². The highest BCUT2D eigenvalue weighted by Crippen LogP contribution is 2.38. The van der Waals surface area contributed by atoms with Gasteiger partial charge in [0.25, 0.3) is 0 Å². The molecule has 0 unspecified atom stereocenters. The Morgan fingerprint density at radius 1 is 1.29 bits per heavy atom. The zero-order valence-electron chi connectivity index (χ0n) is 12.5. The molecule has 2 aliphatic rings. The van der Waals surface area contributed by atoms with Crippen molar-refractivity contribution in [3.63, 3.8) is 0 Å². The van der Waals surface area contributed by atoms with Gasteiger partial charge in [0.15, 0.2) is 5.79 Å². The van der Waals surface area contributed by atoms with E-state index in [1.54, 1.807) is 0 Å². The smallest absolute Gasteiger partial charge is 0.163 e. The molecule has 4 atom stereocenters. The van der Waals surface area contributed by atoms with Gasteiger partial charge in [0.1, 0.15) is 12.2 Å². The highest BCUT2D eigenvalue weighted by atomic mass is 16.8. The Morgan fingerprint density at radius 3 is 2.67 bits per heavy atom. The van der Waals surface area contributed by atoms with Gasteiger partial charge in [-0.15, -0.1) is 0 Å². The number of fused-ring (bicyclic) bond motifs is 1. The summed E-state index contributed by atoms with van der Waals surface area (Å²) >= 11 is 0. The second-order valence-corrected chi connectivity index (χ2v) is 6.29. The lowest BCUT2D eigenvalue weighted by atomic mass is 10.0. The van der Waals surface area contributed by atoms with E-state index < -0.39 is 11.9 Å². The maximum absolute atomic E-state index is 10.2. The quantitative estimate of drug-likeness (QED) is 0.857. The Hall–Kier alpha value is -0.980. The van der Waals surface area contributed by atoms with Crippen molar-refractivity contribution in [2.75, 3.05) is 13.2 Å². The van der Waals surface area contributed by atoms with Gasteiger partial charge in [-0.2, -0.15) is 0 Å². The molecular formula is C16H23NO4. The van der Waals surface area contributed by atoms with Crippen LogP contribution < -0.4 is 0 Å². The fourth-order valence-electron chi connectivity index (χ4n) is 3.41. The molecule has 2 fully saturated rings. The van der Waals surface area contributed by atoms with Crippen LogP contribution in [0.15, 0.2) is 30.3 Å². The summed E-state index contributed by atoms with van der Waals surface area (Å²) < 4.78 is 11.9. The summed E-state index contributed by atoms with van der Waals surface area (Å²) in [5.41, 5.74) is 1.17. The summed E-state index contributed by atoms with van der Waals surface area (Å²) in [6.07, 6.45) is -1.10. The van der Waals surface area contributed by atoms with Crippen molar-refractivity contribution < 1.29 is 19.7 Å². The van der Waals surface area contributed by atoms with E-state index in [-0.39, 0.29) is 24.9 Å². The molecule has 116 valence electrons. The van der Waals surface area contributed by atoms with E-state index in [9.17, 15) is 10.2 Å². The van der Waals surface area contributed by atoms with Gasteiger partial charge in [0.2, 0.25) is 0 Å². The van der Waals surface area contributed by atoms with Crippen LogP contribution in [-0.4, -0.2) is 58.4 Å². The average molecular weight is 293 g/mol. The number of nitrogens with zero attached hydrogens (tertiary/aromatic N) is 1. The van der Waals surface area contributed by atoms with E-state index in [2.05, 4.69) is 17.0 Å². The third-order valence-corrected chi connectivity index (χ3v) is 4.20. The molecule has 0 saturated carbocycles. The molecule has 2 aliphatic heterocycles. The highest BCUT2D eigenvalue weighted by molar-refractivity contribution is 5.16. The van der Waals surface area contributed by atoms with Crippen LogP contribution in [0.5, 0.6) is 0 Å². The molecule has 0 aromatic heterocycles. The lowest BCUT2D eigenvalue weighted by Gasteiger charge is -2.32. The highest BCUT2D eigenvalue weighted by Gasteiger charge is 2.54. The second kappa shape index (κ2) is 5.66. The molecule has 21 heavy (non-hydrogen) atoms. The van der Waals surface area contributed by atoms with Crippen molar-refractivity contribution >= 4 is 0 Å². The number of likely N-dealkylation sites (tertiary alicyclic amines) is 1. The van der Waals surface area contributed by atoms with Crippen molar-refractivity contribution in [2.24, 2.45) is 0 Å². The summed E-state index contributed by atoms with van der Waals surface area (Å²) in [6.45, 7) is 4.90. The van der Waals surface area contributed by atoms with Gasteiger partial charge in [-0.25, -0.2) is 0 Å². The lowest BCUT2D eigenvalue weighted by Crippen LogP contribution is -2.47. The minimum Gasteiger partial charge on any atom is -0.394 e. The van der Waals surface area contributed by atoms with Crippen LogP contribution in [-0.2, 0) is 16.0 Å². The molecular weight excluding hydrogens is 270 g/mol. The number of hydrogen-bond acceptors (Lipinski definition) is 5. The van der Waals surface area contributed by atoms with Crippen LogP contribution in [0.3, 0.4) is 0 Å². The minimum absolute atomic E-state index is 0.0603. The topological polar surface area (TPSA) is 62.2 Å². The number of hydrogen-bond donors (Lipinski definition) is 2. The molecule has 5 nitrogen and oxygen atoms in total. The SMILES string of the molecule is CC1(C)O[C@@H]2[C@@H]([C@H](O)CO)N(Cc3ccccc3)C[C@@H]2O1. The first-order chi connectivity index (χ1) is 10.00. The molecule has 0 spiro atoms. The van der Waals surface area contributed by atoms with Crippen molar-refractivity contribution in [3.8, 4) is 0 Å². The normalized spacial score (nSPS) is 33.0. The molecule has 5 heteroatoms. The maximum atomic E-state index is 10.2. The molecule has 2 saturated heterocycles. The molecule has 2 N–H and O–H groups in total. The number of aliphatic hydroxyl groups excluding tert-OH is 2. The summed E-state index contributed by atoms with van der Waals surface area (Å²) in [5.74, 6) is -0.623. The predicted molar refractivity (Wildman–Crippen MR) is 77.6 cm³/mol. The molecule has 0 bridgehead atoms. The second-order valence-electron chi connectivity index (χ2n) is 6.29. The number of aliphatic hydroxyl groups is 2. The Balaban J connectivity index is 1.78. The number of benzene rings is 1. The van der Waals surface area contributed by atoms with E-state index in [0.29, 0.717) is 13.1 Å². The molecule has 3 rings (SSSR count). The monoisotopic (exact) mass is 293 g/mol. The Bertz CT molecular complexity index is 478. The standard InChI is InChI=1S/C16H23NO4/c1-16(2)20-13-9-17(8-11-6-4-3-5-7-11)14(12(19)10-18)15(13)21-16/h3-7,12-15,18-19H,8-10H2,1-2H3/t12-,13+,14-,15+/m1/s1. The van der Waals surface area contributed by atoms with E-state index in [1.807, 2.05) is 32.0 Å². The van der Waals surface area contributed by atoms with Gasteiger partial charge < -0.3 is 19.7 Å². The summed E-state index contributed by atoms with van der Waals surface area (Å²) in [5, 5.41) is 19.6. The van der Waals surface area contributed by atoms with Crippen molar-refractivity contribution in [2.45, 2.75) is 50.5 Å². The summed E-state index contributed by atoms with van der Waals surface area (Å²) in [7, 11) is 0. The van der Waals surface area contributed by atoms with Crippen LogP contribution in [0.2, 0.25) is 0 Å². The van der Waals surface area contributed by atoms with Crippen molar-refractivity contribution in [1.82, 2.24) is 4.90 Å². The van der Waals surface area contributed by atoms with E-state index in [1.165, 1.54) is 5.56 Å². The van der Waals surface area contributed by atoms with Gasteiger partial charge >= 0.3 is 0 Å². The van der Waals surface area contributed by atoms with Gasteiger partial charge in [0.05, 0.1) is 18.8 Å². The third kappa shape index (κ3) is 2.98. The van der Waals surface area contributed by atoms with E-state index in [0.717, 1.165) is 0 Å². The number of rotatable bonds is 4. The summed E-state index contributed by atoms with van der Waals surface area (Å²) in [6, 6.07) is 9.85. The van der Waals surface area contributed by atoms with Gasteiger partial charge in [-0.05, 0) is 19.4 Å². The van der Waals surface area contributed by atoms with Gasteiger partial charge in [0, 0.05) is 13.1 Å². The van der Waals surface area contributed by atoms with Crippen molar-refractivity contribution in [3.05, 3.63) is 35.9 Å². The largest absolute Gasteiger partial charge is 0.394 e. The third-order valence-electron chi connectivity index (χ3n) is 4.20. The maximum Gasteiger partial charge on any atom is 0.163 e. The van der Waals surface area contributed by atoms with E-state index in [4.69, 9.17) is 9.47 Å². The Labute approximate surface area is 125 Å². The predicted octanol–water partition coefficient (Wildman–Crippen LogP) is 0.744.